The van der Waals surface area contributed by atoms with Gasteiger partial charge in [-0.25, -0.2) is 4.79 Å². The average Bonchev–Trinajstić information content (AvgIpc) is 2.70. The molecule has 6 nitrogen and oxygen atoms in total. The molecule has 26 heavy (non-hydrogen) atoms. The lowest BCUT2D eigenvalue weighted by Crippen LogP contribution is -2.30. The number of amides is 2. The van der Waals surface area contributed by atoms with E-state index in [1.165, 1.54) is 0 Å². The van der Waals surface area contributed by atoms with E-state index in [1.807, 2.05) is 48.5 Å². The summed E-state index contributed by atoms with van der Waals surface area (Å²) >= 11 is 0. The number of nitrogens with zero attached hydrogens (tertiary/aromatic N) is 2. The highest BCUT2D eigenvalue weighted by molar-refractivity contribution is 5.89. The molecule has 2 amide bonds. The molecule has 0 aliphatic rings. The van der Waals surface area contributed by atoms with Gasteiger partial charge >= 0.3 is 6.03 Å². The second-order valence-corrected chi connectivity index (χ2v) is 5.65. The van der Waals surface area contributed by atoms with Crippen molar-refractivity contribution in [1.82, 2.24) is 15.3 Å². The number of hydrogen-bond acceptors (Lipinski definition) is 4. The van der Waals surface area contributed by atoms with E-state index in [0.717, 1.165) is 29.0 Å². The Kier molecular flexibility index (Phi) is 5.77. The number of aromatic nitrogens is 2. The van der Waals surface area contributed by atoms with Crippen LogP contribution >= 0.6 is 0 Å². The lowest BCUT2D eigenvalue weighted by molar-refractivity contribution is 0.252. The fraction of sp³-hybridized carbons (Fsp3) is 0.150. The number of ether oxygens (including phenoxy) is 1. The van der Waals surface area contributed by atoms with Gasteiger partial charge in [-0.2, -0.15) is 0 Å². The first-order valence-corrected chi connectivity index (χ1v) is 8.29. The highest BCUT2D eigenvalue weighted by Crippen LogP contribution is 2.17. The van der Waals surface area contributed by atoms with Gasteiger partial charge in [-0.3, -0.25) is 9.97 Å². The van der Waals surface area contributed by atoms with Crippen molar-refractivity contribution in [3.63, 3.8) is 0 Å². The first kappa shape index (κ1) is 17.4. The molecule has 6 heteroatoms. The van der Waals surface area contributed by atoms with E-state index in [0.29, 0.717) is 12.2 Å². The molecule has 0 atom stereocenters. The van der Waals surface area contributed by atoms with Crippen LogP contribution in [-0.2, 0) is 6.42 Å². The standard InChI is InChI=1S/C20H20N4O2/c1-26-18-5-2-15(3-6-18)8-13-22-20(25)24-17-4-7-19(23-14-17)16-9-11-21-12-10-16/h2-7,9-12,14H,8,13H2,1H3,(H2,22,24,25). The van der Waals surface area contributed by atoms with E-state index in [9.17, 15) is 4.79 Å². The molecule has 0 radical (unpaired) electrons. The van der Waals surface area contributed by atoms with Crippen molar-refractivity contribution in [3.05, 3.63) is 72.7 Å². The number of anilines is 1. The van der Waals surface area contributed by atoms with Crippen molar-refractivity contribution in [1.29, 1.82) is 0 Å². The lowest BCUT2D eigenvalue weighted by Gasteiger charge is -2.08. The minimum absolute atomic E-state index is 0.253. The van der Waals surface area contributed by atoms with Crippen LogP contribution in [-0.4, -0.2) is 29.7 Å². The number of benzene rings is 1. The third-order valence-corrected chi connectivity index (χ3v) is 3.86. The maximum Gasteiger partial charge on any atom is 0.319 e. The van der Waals surface area contributed by atoms with Crippen LogP contribution in [0.1, 0.15) is 5.56 Å². The number of carbonyl (C=O) groups excluding carboxylic acids is 1. The van der Waals surface area contributed by atoms with E-state index >= 15 is 0 Å². The van der Waals surface area contributed by atoms with Crippen molar-refractivity contribution in [2.45, 2.75) is 6.42 Å². The molecule has 1 aromatic carbocycles. The number of urea groups is 1. The van der Waals surface area contributed by atoms with Crippen LogP contribution in [0.3, 0.4) is 0 Å². The van der Waals surface area contributed by atoms with Gasteiger partial charge in [0.2, 0.25) is 0 Å². The van der Waals surface area contributed by atoms with Gasteiger partial charge in [0.15, 0.2) is 0 Å². The van der Waals surface area contributed by atoms with Gasteiger partial charge < -0.3 is 15.4 Å². The molecule has 0 aliphatic heterocycles. The second-order valence-electron chi connectivity index (χ2n) is 5.65. The van der Waals surface area contributed by atoms with Crippen LogP contribution in [0.5, 0.6) is 5.75 Å². The maximum absolute atomic E-state index is 12.0. The molecule has 0 bridgehead atoms. The topological polar surface area (TPSA) is 76.1 Å². The summed E-state index contributed by atoms with van der Waals surface area (Å²) in [6.07, 6.45) is 5.83. The van der Waals surface area contributed by atoms with Crippen LogP contribution in [0.4, 0.5) is 10.5 Å². The summed E-state index contributed by atoms with van der Waals surface area (Å²) < 4.78 is 5.13. The number of methoxy groups -OCH3 is 1. The monoisotopic (exact) mass is 348 g/mol. The Labute approximate surface area is 152 Å². The molecule has 3 rings (SSSR count). The Bertz CT molecular complexity index is 834. The van der Waals surface area contributed by atoms with Gasteiger partial charge in [0, 0.05) is 24.5 Å². The van der Waals surface area contributed by atoms with Gasteiger partial charge in [0.1, 0.15) is 5.75 Å². The zero-order valence-corrected chi connectivity index (χ0v) is 14.5. The highest BCUT2D eigenvalue weighted by atomic mass is 16.5. The SMILES string of the molecule is COc1ccc(CCNC(=O)Nc2ccc(-c3ccncc3)nc2)cc1. The molecule has 0 fully saturated rings. The summed E-state index contributed by atoms with van der Waals surface area (Å²) in [5, 5.41) is 5.62. The van der Waals surface area contributed by atoms with Crippen LogP contribution in [0.2, 0.25) is 0 Å². The van der Waals surface area contributed by atoms with E-state index in [4.69, 9.17) is 4.74 Å². The Morgan fingerprint density at radius 1 is 1.04 bits per heavy atom. The van der Waals surface area contributed by atoms with Gasteiger partial charge in [0.05, 0.1) is 24.7 Å². The van der Waals surface area contributed by atoms with E-state index in [2.05, 4.69) is 20.6 Å². The molecule has 2 N–H and O–H groups in total. The summed E-state index contributed by atoms with van der Waals surface area (Å²) in [4.78, 5) is 20.3. The first-order chi connectivity index (χ1) is 12.7. The van der Waals surface area contributed by atoms with E-state index in [-0.39, 0.29) is 6.03 Å². The molecule has 0 saturated heterocycles. The zero-order valence-electron chi connectivity index (χ0n) is 14.5. The third kappa shape index (κ3) is 4.80. The van der Waals surface area contributed by atoms with Crippen molar-refractivity contribution in [3.8, 4) is 17.0 Å². The smallest absolute Gasteiger partial charge is 0.319 e. The predicted molar refractivity (Wildman–Crippen MR) is 101 cm³/mol. The summed E-state index contributed by atoms with van der Waals surface area (Å²) in [5.74, 6) is 0.821. The van der Waals surface area contributed by atoms with Gasteiger partial charge in [-0.15, -0.1) is 0 Å². The van der Waals surface area contributed by atoms with Crippen molar-refractivity contribution in [2.75, 3.05) is 19.0 Å². The van der Waals surface area contributed by atoms with Crippen molar-refractivity contribution >= 4 is 11.7 Å². The number of nitrogens with one attached hydrogen (secondary N) is 2. The van der Waals surface area contributed by atoms with E-state index < -0.39 is 0 Å². The van der Waals surface area contributed by atoms with Crippen LogP contribution in [0, 0.1) is 0 Å². The quantitative estimate of drug-likeness (QED) is 0.715. The minimum Gasteiger partial charge on any atom is -0.497 e. The van der Waals surface area contributed by atoms with Crippen LogP contribution in [0.15, 0.2) is 67.1 Å². The summed E-state index contributed by atoms with van der Waals surface area (Å²) in [6, 6.07) is 15.0. The minimum atomic E-state index is -0.253. The third-order valence-electron chi connectivity index (χ3n) is 3.86. The maximum atomic E-state index is 12.0. The molecule has 0 unspecified atom stereocenters. The number of rotatable bonds is 6. The summed E-state index contributed by atoms with van der Waals surface area (Å²) in [7, 11) is 1.64. The fourth-order valence-corrected chi connectivity index (χ4v) is 2.45. The molecule has 2 heterocycles. The molecular formula is C20H20N4O2. The number of pyridine rings is 2. The molecule has 0 saturated carbocycles. The molecule has 0 aliphatic carbocycles. The van der Waals surface area contributed by atoms with Crippen molar-refractivity contribution < 1.29 is 9.53 Å². The van der Waals surface area contributed by atoms with E-state index in [1.54, 1.807) is 25.7 Å². The Morgan fingerprint density at radius 2 is 1.81 bits per heavy atom. The summed E-state index contributed by atoms with van der Waals surface area (Å²) in [5.41, 5.74) is 3.59. The molecular weight excluding hydrogens is 328 g/mol. The summed E-state index contributed by atoms with van der Waals surface area (Å²) in [6.45, 7) is 0.542. The number of hydrogen-bond donors (Lipinski definition) is 2. The average molecular weight is 348 g/mol. The molecule has 132 valence electrons. The van der Waals surface area contributed by atoms with Gasteiger partial charge in [-0.05, 0) is 48.4 Å². The largest absolute Gasteiger partial charge is 0.497 e. The molecule has 0 spiro atoms. The van der Waals surface area contributed by atoms with Gasteiger partial charge in [0.25, 0.3) is 0 Å². The molecule has 3 aromatic rings. The normalized spacial score (nSPS) is 10.2. The predicted octanol–water partition coefficient (Wildman–Crippen LogP) is 3.52. The fourth-order valence-electron chi connectivity index (χ4n) is 2.45. The Balaban J connectivity index is 1.47. The van der Waals surface area contributed by atoms with Crippen LogP contribution < -0.4 is 15.4 Å². The number of carbonyl (C=O) groups is 1. The Hall–Kier alpha value is -3.41. The van der Waals surface area contributed by atoms with Crippen molar-refractivity contribution in [2.24, 2.45) is 0 Å². The molecule has 2 aromatic heterocycles. The second kappa shape index (κ2) is 8.62. The van der Waals surface area contributed by atoms with Gasteiger partial charge in [-0.1, -0.05) is 12.1 Å². The van der Waals surface area contributed by atoms with Crippen LogP contribution in [0.25, 0.3) is 11.3 Å². The lowest BCUT2D eigenvalue weighted by atomic mass is 10.1. The zero-order chi connectivity index (χ0) is 18.2. The first-order valence-electron chi connectivity index (χ1n) is 8.29. The highest BCUT2D eigenvalue weighted by Gasteiger charge is 2.03. The Morgan fingerprint density at radius 3 is 2.46 bits per heavy atom.